The fourth-order valence-electron chi connectivity index (χ4n) is 4.65. The lowest BCUT2D eigenvalue weighted by atomic mass is 9.86. The van der Waals surface area contributed by atoms with Gasteiger partial charge in [-0.1, -0.05) is 25.1 Å². The molecule has 4 heterocycles. The molecule has 0 unspecified atom stereocenters. The largest absolute Gasteiger partial charge is 0.375 e. The van der Waals surface area contributed by atoms with Crippen molar-refractivity contribution >= 4 is 16.8 Å². The second-order valence-corrected chi connectivity index (χ2v) is 9.08. The number of benzene rings is 1. The maximum atomic E-state index is 13.8. The van der Waals surface area contributed by atoms with Gasteiger partial charge in [-0.05, 0) is 38.5 Å². The minimum atomic E-state index is -1.87. The number of rotatable bonds is 6. The number of nitrogens with zero attached hydrogens (tertiary/aromatic N) is 4. The predicted octanol–water partition coefficient (Wildman–Crippen LogP) is 2.79. The summed E-state index contributed by atoms with van der Waals surface area (Å²) in [7, 11) is 0. The Bertz CT molecular complexity index is 1460. The third-order valence-corrected chi connectivity index (χ3v) is 6.43. The second kappa shape index (κ2) is 8.22. The van der Waals surface area contributed by atoms with Crippen LogP contribution in [0.5, 0.6) is 0 Å². The lowest BCUT2D eigenvalue weighted by molar-refractivity contribution is -0.141. The number of aliphatic hydroxyl groups is 1. The monoisotopic (exact) mass is 457 g/mol. The summed E-state index contributed by atoms with van der Waals surface area (Å²) in [5, 5.41) is 15.5. The van der Waals surface area contributed by atoms with Gasteiger partial charge in [-0.25, -0.2) is 9.97 Å². The zero-order valence-corrected chi connectivity index (χ0v) is 19.4. The minimum absolute atomic E-state index is 0.114. The van der Waals surface area contributed by atoms with Crippen molar-refractivity contribution in [2.24, 2.45) is 0 Å². The molecular formula is C26H27N5O3. The Hall–Kier alpha value is -3.78. The Morgan fingerprint density at radius 3 is 2.76 bits per heavy atom. The number of carbonyl (C=O) groups excluding carboxylic acids is 1. The molecule has 8 heteroatoms. The predicted molar refractivity (Wildman–Crippen MR) is 129 cm³/mol. The SMILES string of the molecule is CC[C@@](O)(C(=O)NC(C)C)c1cc2n(c(=O)c1Cn1ccnc1)Cc1cc3ccccc3nc1-2. The van der Waals surface area contributed by atoms with E-state index in [1.54, 1.807) is 40.8 Å². The maximum absolute atomic E-state index is 13.8. The van der Waals surface area contributed by atoms with E-state index in [0.717, 1.165) is 16.5 Å². The smallest absolute Gasteiger partial charge is 0.256 e. The van der Waals surface area contributed by atoms with Crippen LogP contribution in [0.25, 0.3) is 22.3 Å². The number of fused-ring (bicyclic) bond motifs is 4. The van der Waals surface area contributed by atoms with Gasteiger partial charge in [0.05, 0.1) is 36.3 Å². The van der Waals surface area contributed by atoms with Crippen LogP contribution < -0.4 is 10.9 Å². The van der Waals surface area contributed by atoms with Crippen LogP contribution in [0.4, 0.5) is 0 Å². The van der Waals surface area contributed by atoms with Crippen LogP contribution >= 0.6 is 0 Å². The van der Waals surface area contributed by atoms with Gasteiger partial charge in [0.1, 0.15) is 0 Å². The molecular weight excluding hydrogens is 430 g/mol. The van der Waals surface area contributed by atoms with Crippen LogP contribution in [-0.2, 0) is 23.5 Å². The van der Waals surface area contributed by atoms with Crippen molar-refractivity contribution in [3.8, 4) is 11.4 Å². The van der Waals surface area contributed by atoms with Gasteiger partial charge in [-0.15, -0.1) is 0 Å². The quantitative estimate of drug-likeness (QED) is 0.408. The first-order valence-corrected chi connectivity index (χ1v) is 11.5. The highest BCUT2D eigenvalue weighted by Gasteiger charge is 2.41. The van der Waals surface area contributed by atoms with Crippen molar-refractivity contribution < 1.29 is 9.90 Å². The number of imidazole rings is 1. The number of hydrogen-bond acceptors (Lipinski definition) is 5. The lowest BCUT2D eigenvalue weighted by Crippen LogP contribution is -2.48. The van der Waals surface area contributed by atoms with Crippen LogP contribution in [0.1, 0.15) is 43.9 Å². The molecule has 0 saturated carbocycles. The van der Waals surface area contributed by atoms with Crippen molar-refractivity contribution in [1.82, 2.24) is 24.4 Å². The van der Waals surface area contributed by atoms with Gasteiger partial charge in [0.15, 0.2) is 5.60 Å². The van der Waals surface area contributed by atoms with Crippen LogP contribution in [0, 0.1) is 0 Å². The van der Waals surface area contributed by atoms with E-state index in [9.17, 15) is 14.7 Å². The zero-order chi connectivity index (χ0) is 24.0. The van der Waals surface area contributed by atoms with Gasteiger partial charge in [0, 0.05) is 40.5 Å². The van der Waals surface area contributed by atoms with Gasteiger partial charge < -0.3 is 19.6 Å². The summed E-state index contributed by atoms with van der Waals surface area (Å²) < 4.78 is 3.45. The van der Waals surface area contributed by atoms with Gasteiger partial charge in [-0.3, -0.25) is 9.59 Å². The molecule has 0 saturated heterocycles. The lowest BCUT2D eigenvalue weighted by Gasteiger charge is -2.30. The van der Waals surface area contributed by atoms with E-state index in [1.807, 2.05) is 38.1 Å². The van der Waals surface area contributed by atoms with Crippen molar-refractivity contribution in [3.05, 3.63) is 82.2 Å². The molecule has 34 heavy (non-hydrogen) atoms. The van der Waals surface area contributed by atoms with Crippen molar-refractivity contribution in [1.29, 1.82) is 0 Å². The number of para-hydroxylation sites is 1. The van der Waals surface area contributed by atoms with E-state index in [0.29, 0.717) is 29.1 Å². The third-order valence-electron chi connectivity index (χ3n) is 6.43. The zero-order valence-electron chi connectivity index (χ0n) is 19.4. The highest BCUT2D eigenvalue weighted by molar-refractivity contribution is 5.88. The fourth-order valence-corrected chi connectivity index (χ4v) is 4.65. The fraction of sp³-hybridized carbons (Fsp3) is 0.308. The average Bonchev–Trinajstić information content (AvgIpc) is 3.46. The Morgan fingerprint density at radius 1 is 1.26 bits per heavy atom. The van der Waals surface area contributed by atoms with Gasteiger partial charge >= 0.3 is 0 Å². The van der Waals surface area contributed by atoms with E-state index >= 15 is 0 Å². The molecule has 1 aromatic carbocycles. The van der Waals surface area contributed by atoms with E-state index < -0.39 is 11.5 Å². The molecule has 1 amide bonds. The Balaban J connectivity index is 1.75. The first-order valence-electron chi connectivity index (χ1n) is 11.5. The number of nitrogens with one attached hydrogen (secondary N) is 1. The molecule has 0 bridgehead atoms. The number of hydrogen-bond donors (Lipinski definition) is 2. The summed E-state index contributed by atoms with van der Waals surface area (Å²) in [6, 6.07) is 11.5. The van der Waals surface area contributed by atoms with Crippen LogP contribution in [0.2, 0.25) is 0 Å². The van der Waals surface area contributed by atoms with E-state index in [-0.39, 0.29) is 24.6 Å². The minimum Gasteiger partial charge on any atom is -0.375 e. The second-order valence-electron chi connectivity index (χ2n) is 9.08. The van der Waals surface area contributed by atoms with Crippen LogP contribution in [0.3, 0.4) is 0 Å². The maximum Gasteiger partial charge on any atom is 0.256 e. The molecule has 4 aromatic rings. The third kappa shape index (κ3) is 3.51. The summed E-state index contributed by atoms with van der Waals surface area (Å²) in [5.74, 6) is -0.522. The molecule has 1 aliphatic heterocycles. The molecule has 1 atom stereocenters. The van der Waals surface area contributed by atoms with Crippen molar-refractivity contribution in [3.63, 3.8) is 0 Å². The first-order chi connectivity index (χ1) is 16.3. The molecule has 0 spiro atoms. The Morgan fingerprint density at radius 2 is 2.06 bits per heavy atom. The van der Waals surface area contributed by atoms with Crippen LogP contribution in [-0.4, -0.2) is 36.2 Å². The van der Waals surface area contributed by atoms with Crippen LogP contribution in [0.15, 0.2) is 59.9 Å². The van der Waals surface area contributed by atoms with Gasteiger partial charge in [-0.2, -0.15) is 0 Å². The normalized spacial score (nSPS) is 14.1. The average molecular weight is 458 g/mol. The molecule has 0 aliphatic carbocycles. The first kappa shape index (κ1) is 22.0. The molecule has 5 rings (SSSR count). The summed E-state index contributed by atoms with van der Waals surface area (Å²) in [5.41, 5.74) is 1.64. The molecule has 8 nitrogen and oxygen atoms in total. The van der Waals surface area contributed by atoms with Gasteiger partial charge in [0.25, 0.3) is 11.5 Å². The molecule has 0 fully saturated rings. The number of carbonyl (C=O) groups is 1. The highest BCUT2D eigenvalue weighted by Crippen LogP contribution is 2.36. The summed E-state index contributed by atoms with van der Waals surface area (Å²) in [6.45, 7) is 6.00. The van der Waals surface area contributed by atoms with Gasteiger partial charge in [0.2, 0.25) is 0 Å². The summed E-state index contributed by atoms with van der Waals surface area (Å²) in [4.78, 5) is 35.9. The van der Waals surface area contributed by atoms with E-state index in [1.165, 1.54) is 0 Å². The summed E-state index contributed by atoms with van der Waals surface area (Å²) in [6.07, 6.45) is 5.11. The Kier molecular flexibility index (Phi) is 5.32. The molecule has 174 valence electrons. The number of aromatic nitrogens is 4. The summed E-state index contributed by atoms with van der Waals surface area (Å²) >= 11 is 0. The Labute approximate surface area is 196 Å². The molecule has 2 N–H and O–H groups in total. The number of amides is 1. The van der Waals surface area contributed by atoms with Crippen molar-refractivity contribution in [2.75, 3.05) is 0 Å². The molecule has 0 radical (unpaired) electrons. The highest BCUT2D eigenvalue weighted by atomic mass is 16.3. The molecule has 3 aromatic heterocycles. The standard InChI is InChI=1S/C26H27N5O3/c1-4-26(34,25(33)28-16(2)3)20-12-22-23-18(11-17-7-5-6-8-21(17)29-23)13-31(22)24(32)19(20)14-30-10-9-27-15-30/h5-12,15-16,34H,4,13-14H2,1-3H3,(H,28,33)/t26-/m0/s1. The van der Waals surface area contributed by atoms with Crippen molar-refractivity contribution in [2.45, 2.75) is 51.9 Å². The van der Waals surface area contributed by atoms with E-state index in [2.05, 4.69) is 16.4 Å². The topological polar surface area (TPSA) is 102 Å². The molecule has 1 aliphatic rings. The number of pyridine rings is 2. The van der Waals surface area contributed by atoms with E-state index in [4.69, 9.17) is 4.98 Å².